The first-order chi connectivity index (χ1) is 17.6. The second kappa shape index (κ2) is 11.7. The second-order valence-electron chi connectivity index (χ2n) is 8.13. The zero-order valence-electron chi connectivity index (χ0n) is 20.4. The Morgan fingerprint density at radius 1 is 0.917 bits per heavy atom. The molecule has 7 heteroatoms. The number of hydrogen-bond donors (Lipinski definition) is 3. The molecule has 36 heavy (non-hydrogen) atoms. The molecule has 0 atom stereocenters. The summed E-state index contributed by atoms with van der Waals surface area (Å²) in [6, 6.07) is 24.4. The number of fused-ring (bicyclic) bond motifs is 1. The lowest BCUT2D eigenvalue weighted by Crippen LogP contribution is -2.32. The van der Waals surface area contributed by atoms with E-state index in [-0.39, 0.29) is 11.6 Å². The van der Waals surface area contributed by atoms with E-state index in [9.17, 15) is 9.59 Å². The molecular weight excluding hydrogens is 450 g/mol. The molecule has 2 amide bonds. The topological polar surface area (TPSA) is 89.6 Å². The number of para-hydroxylation sites is 1. The van der Waals surface area contributed by atoms with E-state index >= 15 is 0 Å². The highest BCUT2D eigenvalue weighted by Gasteiger charge is 2.14. The van der Waals surface area contributed by atoms with Crippen LogP contribution in [0.25, 0.3) is 17.0 Å². The van der Waals surface area contributed by atoms with E-state index in [1.54, 1.807) is 36.6 Å². The number of H-pyrrole nitrogens is 1. The van der Waals surface area contributed by atoms with E-state index in [1.165, 1.54) is 0 Å². The molecule has 0 bridgehead atoms. The minimum atomic E-state index is -0.525. The highest BCUT2D eigenvalue weighted by atomic mass is 16.2. The quantitative estimate of drug-likeness (QED) is 0.181. The Morgan fingerprint density at radius 2 is 1.61 bits per heavy atom. The molecule has 0 saturated carbocycles. The van der Waals surface area contributed by atoms with Gasteiger partial charge in [0.1, 0.15) is 5.70 Å². The zero-order valence-corrected chi connectivity index (χ0v) is 20.4. The van der Waals surface area contributed by atoms with Gasteiger partial charge in [-0.25, -0.2) is 5.43 Å². The van der Waals surface area contributed by atoms with Crippen LogP contribution in [0.5, 0.6) is 0 Å². The van der Waals surface area contributed by atoms with Gasteiger partial charge in [0.15, 0.2) is 0 Å². The van der Waals surface area contributed by atoms with Gasteiger partial charge in [-0.1, -0.05) is 48.5 Å². The molecule has 7 nitrogen and oxygen atoms in total. The maximum atomic E-state index is 13.1. The van der Waals surface area contributed by atoms with Gasteiger partial charge < -0.3 is 15.2 Å². The lowest BCUT2D eigenvalue weighted by Gasteiger charge is -2.20. The van der Waals surface area contributed by atoms with Gasteiger partial charge in [0.25, 0.3) is 11.8 Å². The smallest absolute Gasteiger partial charge is 0.287 e. The number of nitrogens with one attached hydrogen (secondary N) is 3. The Morgan fingerprint density at radius 3 is 2.33 bits per heavy atom. The number of hydrazone groups is 1. The van der Waals surface area contributed by atoms with Crippen molar-refractivity contribution >= 4 is 40.7 Å². The van der Waals surface area contributed by atoms with Crippen molar-refractivity contribution in [1.82, 2.24) is 15.7 Å². The molecule has 0 radical (unpaired) electrons. The number of nitrogens with zero attached hydrogens (tertiary/aromatic N) is 2. The average Bonchev–Trinajstić information content (AvgIpc) is 3.33. The van der Waals surface area contributed by atoms with Crippen molar-refractivity contribution in [2.45, 2.75) is 13.8 Å². The number of anilines is 1. The lowest BCUT2D eigenvalue weighted by atomic mass is 10.1. The molecule has 3 N–H and O–H groups in total. The van der Waals surface area contributed by atoms with E-state index in [1.807, 2.05) is 60.8 Å². The third-order valence-electron chi connectivity index (χ3n) is 5.85. The number of aromatic nitrogens is 1. The number of carbonyl (C=O) groups excluding carboxylic acids is 2. The van der Waals surface area contributed by atoms with Crippen molar-refractivity contribution in [2.24, 2.45) is 5.10 Å². The van der Waals surface area contributed by atoms with Gasteiger partial charge >= 0.3 is 0 Å². The summed E-state index contributed by atoms with van der Waals surface area (Å²) in [6.45, 7) is 6.02. The number of amides is 2. The molecule has 182 valence electrons. The third-order valence-corrected chi connectivity index (χ3v) is 5.85. The van der Waals surface area contributed by atoms with Crippen LogP contribution in [0.2, 0.25) is 0 Å². The summed E-state index contributed by atoms with van der Waals surface area (Å²) in [7, 11) is 0. The summed E-state index contributed by atoms with van der Waals surface area (Å²) in [5, 5.41) is 7.85. The first-order valence-corrected chi connectivity index (χ1v) is 11.9. The molecule has 0 unspecified atom stereocenters. The van der Waals surface area contributed by atoms with Crippen molar-refractivity contribution in [3.8, 4) is 0 Å². The molecule has 0 saturated heterocycles. The molecular formula is C29H29N5O2. The zero-order chi connectivity index (χ0) is 25.3. The van der Waals surface area contributed by atoms with E-state index in [0.29, 0.717) is 5.56 Å². The van der Waals surface area contributed by atoms with Crippen molar-refractivity contribution in [3.05, 3.63) is 107 Å². The number of benzene rings is 3. The summed E-state index contributed by atoms with van der Waals surface area (Å²) >= 11 is 0. The van der Waals surface area contributed by atoms with Crippen LogP contribution in [-0.4, -0.2) is 36.1 Å². The van der Waals surface area contributed by atoms with E-state index < -0.39 is 5.91 Å². The number of rotatable bonds is 9. The van der Waals surface area contributed by atoms with Crippen molar-refractivity contribution in [3.63, 3.8) is 0 Å². The Kier molecular flexibility index (Phi) is 7.93. The summed E-state index contributed by atoms with van der Waals surface area (Å²) in [6.07, 6.45) is 5.04. The number of aromatic amines is 1. The minimum absolute atomic E-state index is 0.0931. The lowest BCUT2D eigenvalue weighted by molar-refractivity contribution is -0.117. The minimum Gasteiger partial charge on any atom is -0.372 e. The van der Waals surface area contributed by atoms with Gasteiger partial charge in [-0.05, 0) is 55.8 Å². The van der Waals surface area contributed by atoms with Crippen LogP contribution in [-0.2, 0) is 4.79 Å². The molecule has 1 heterocycles. The summed E-state index contributed by atoms with van der Waals surface area (Å²) in [4.78, 5) is 31.3. The van der Waals surface area contributed by atoms with Crippen molar-refractivity contribution in [1.29, 1.82) is 0 Å². The fraction of sp³-hybridized carbons (Fsp3) is 0.138. The predicted molar refractivity (Wildman–Crippen MR) is 146 cm³/mol. The fourth-order valence-electron chi connectivity index (χ4n) is 3.90. The van der Waals surface area contributed by atoms with Crippen LogP contribution < -0.4 is 15.6 Å². The third kappa shape index (κ3) is 5.88. The molecule has 0 spiro atoms. The highest BCUT2D eigenvalue weighted by molar-refractivity contribution is 6.06. The van der Waals surface area contributed by atoms with Crippen molar-refractivity contribution in [2.75, 3.05) is 18.0 Å². The van der Waals surface area contributed by atoms with Crippen molar-refractivity contribution < 1.29 is 9.59 Å². The van der Waals surface area contributed by atoms with Gasteiger partial charge in [0.05, 0.1) is 6.21 Å². The van der Waals surface area contributed by atoms with E-state index in [0.717, 1.165) is 40.8 Å². The van der Waals surface area contributed by atoms with Crippen LogP contribution in [0.3, 0.4) is 0 Å². The molecule has 3 aromatic carbocycles. The summed E-state index contributed by atoms with van der Waals surface area (Å²) in [5.41, 5.74) is 6.79. The maximum Gasteiger partial charge on any atom is 0.287 e. The van der Waals surface area contributed by atoms with E-state index in [4.69, 9.17) is 0 Å². The van der Waals surface area contributed by atoms with Gasteiger partial charge in [-0.15, -0.1) is 0 Å². The molecule has 0 aliphatic carbocycles. The normalized spacial score (nSPS) is 11.6. The molecule has 0 fully saturated rings. The Hall–Kier alpha value is -4.65. The molecule has 0 aliphatic heterocycles. The van der Waals surface area contributed by atoms with Crippen LogP contribution in [0.4, 0.5) is 5.69 Å². The van der Waals surface area contributed by atoms with Crippen LogP contribution in [0.1, 0.15) is 35.3 Å². The number of carbonyl (C=O) groups is 2. The Labute approximate surface area is 210 Å². The standard InChI is InChI=1S/C29H29N5O2/c1-3-34(4-2)24-16-14-21(15-17-24)18-27(32-28(35)22-10-6-5-7-11-22)29(36)33-31-20-23-19-30-26-13-9-8-12-25(23)26/h5-20,30H,3-4H2,1-2H3,(H,32,35)(H,33,36)/b27-18-,31-20?. The first-order valence-electron chi connectivity index (χ1n) is 11.9. The maximum absolute atomic E-state index is 13.1. The first kappa shape index (κ1) is 24.5. The van der Waals surface area contributed by atoms with E-state index in [2.05, 4.69) is 39.6 Å². The highest BCUT2D eigenvalue weighted by Crippen LogP contribution is 2.17. The second-order valence-corrected chi connectivity index (χ2v) is 8.13. The van der Waals surface area contributed by atoms with Crippen LogP contribution in [0, 0.1) is 0 Å². The van der Waals surface area contributed by atoms with Crippen LogP contribution in [0.15, 0.2) is 95.9 Å². The fourth-order valence-corrected chi connectivity index (χ4v) is 3.90. The SMILES string of the molecule is CCN(CC)c1ccc(/C=C(\NC(=O)c2ccccc2)C(=O)NN=Cc2c[nH]c3ccccc23)cc1. The average molecular weight is 480 g/mol. The number of hydrogen-bond acceptors (Lipinski definition) is 4. The molecule has 1 aromatic heterocycles. The summed E-state index contributed by atoms with van der Waals surface area (Å²) < 4.78 is 0. The van der Waals surface area contributed by atoms with Gasteiger partial charge in [-0.3, -0.25) is 9.59 Å². The van der Waals surface area contributed by atoms with Gasteiger partial charge in [0, 0.05) is 47.0 Å². The summed E-state index contributed by atoms with van der Waals surface area (Å²) in [5.74, 6) is -0.902. The van der Waals surface area contributed by atoms with Gasteiger partial charge in [-0.2, -0.15) is 5.10 Å². The monoisotopic (exact) mass is 479 g/mol. The van der Waals surface area contributed by atoms with Gasteiger partial charge in [0.2, 0.25) is 0 Å². The largest absolute Gasteiger partial charge is 0.372 e. The molecule has 4 rings (SSSR count). The Bertz CT molecular complexity index is 1380. The molecule has 0 aliphatic rings. The Balaban J connectivity index is 1.56. The molecule has 4 aromatic rings. The van der Waals surface area contributed by atoms with Crippen LogP contribution >= 0.6 is 0 Å². The predicted octanol–water partition coefficient (Wildman–Crippen LogP) is 4.94.